The fourth-order valence-electron chi connectivity index (χ4n) is 3.96. The first-order valence-corrected chi connectivity index (χ1v) is 10.4. The molecular weight excluding hydrogens is 381 g/mol. The smallest absolute Gasteiger partial charge is 0.357 e. The normalized spacial score (nSPS) is 21.9. The van der Waals surface area contributed by atoms with Crippen molar-refractivity contribution >= 4 is 11.8 Å². The minimum absolute atomic E-state index is 0.0337. The number of nitrogens with one attached hydrogen (secondary N) is 2. The third-order valence-corrected chi connectivity index (χ3v) is 5.44. The van der Waals surface area contributed by atoms with Crippen molar-refractivity contribution in [2.24, 2.45) is 4.99 Å². The molecule has 1 aromatic heterocycles. The van der Waals surface area contributed by atoms with Gasteiger partial charge in [-0.05, 0) is 37.0 Å². The molecule has 0 spiro atoms. The molecule has 1 atom stereocenters. The van der Waals surface area contributed by atoms with Gasteiger partial charge in [-0.1, -0.05) is 12.8 Å². The van der Waals surface area contributed by atoms with Crippen LogP contribution < -0.4 is 15.5 Å². The molecule has 0 aliphatic carbocycles. The summed E-state index contributed by atoms with van der Waals surface area (Å²) in [5.41, 5.74) is 1.10. The Balaban J connectivity index is 1.49. The van der Waals surface area contributed by atoms with Crippen LogP contribution in [0.2, 0.25) is 0 Å². The number of hydrogen-bond donors (Lipinski definition) is 2. The Morgan fingerprint density at radius 3 is 2.66 bits per heavy atom. The van der Waals surface area contributed by atoms with E-state index in [1.54, 1.807) is 7.05 Å². The number of halogens is 3. The molecular formula is C20H31F3N6. The van der Waals surface area contributed by atoms with Gasteiger partial charge < -0.3 is 15.5 Å². The zero-order chi connectivity index (χ0) is 20.7. The van der Waals surface area contributed by atoms with E-state index in [1.807, 2.05) is 12.3 Å². The standard InChI is InChI=1S/C20H31F3N6/c1-24-19(27-17-7-11-28(14-17)15-20(21,22)23)26-13-16-6-8-25-18(12-16)29-9-4-2-3-5-10-29/h6,8,12,17H,2-5,7,9-11,13-15H2,1H3,(H2,24,26,27). The minimum atomic E-state index is -4.15. The summed E-state index contributed by atoms with van der Waals surface area (Å²) in [5, 5.41) is 6.51. The molecule has 2 saturated heterocycles. The molecule has 9 heteroatoms. The van der Waals surface area contributed by atoms with E-state index in [2.05, 4.69) is 31.6 Å². The number of hydrogen-bond acceptors (Lipinski definition) is 4. The Hall–Kier alpha value is -2.03. The van der Waals surface area contributed by atoms with E-state index in [1.165, 1.54) is 30.6 Å². The first-order chi connectivity index (χ1) is 13.9. The molecule has 0 bridgehead atoms. The second-order valence-electron chi connectivity index (χ2n) is 7.83. The van der Waals surface area contributed by atoms with Crippen LogP contribution in [0.3, 0.4) is 0 Å². The number of pyridine rings is 1. The van der Waals surface area contributed by atoms with Crippen LogP contribution in [0.1, 0.15) is 37.7 Å². The van der Waals surface area contributed by atoms with Gasteiger partial charge in [-0.2, -0.15) is 13.2 Å². The predicted molar refractivity (Wildman–Crippen MR) is 109 cm³/mol. The van der Waals surface area contributed by atoms with Gasteiger partial charge in [0.15, 0.2) is 5.96 Å². The number of aromatic nitrogens is 1. The summed E-state index contributed by atoms with van der Waals surface area (Å²) in [4.78, 5) is 12.5. The summed E-state index contributed by atoms with van der Waals surface area (Å²) in [7, 11) is 1.67. The van der Waals surface area contributed by atoms with Gasteiger partial charge in [0.25, 0.3) is 0 Å². The first-order valence-electron chi connectivity index (χ1n) is 10.4. The highest BCUT2D eigenvalue weighted by atomic mass is 19.4. The summed E-state index contributed by atoms with van der Waals surface area (Å²) < 4.78 is 37.7. The van der Waals surface area contributed by atoms with Crippen LogP contribution in [0, 0.1) is 0 Å². The van der Waals surface area contributed by atoms with Gasteiger partial charge in [-0.25, -0.2) is 4.98 Å². The van der Waals surface area contributed by atoms with Crippen molar-refractivity contribution in [1.29, 1.82) is 0 Å². The molecule has 2 aliphatic rings. The van der Waals surface area contributed by atoms with E-state index in [0.717, 1.165) is 24.5 Å². The highest BCUT2D eigenvalue weighted by Crippen LogP contribution is 2.20. The van der Waals surface area contributed by atoms with Gasteiger partial charge in [0.05, 0.1) is 6.54 Å². The molecule has 3 heterocycles. The highest BCUT2D eigenvalue weighted by molar-refractivity contribution is 5.80. The van der Waals surface area contributed by atoms with Crippen molar-refractivity contribution in [3.05, 3.63) is 23.9 Å². The maximum atomic E-state index is 12.6. The van der Waals surface area contributed by atoms with Crippen LogP contribution in [0.15, 0.2) is 23.3 Å². The van der Waals surface area contributed by atoms with Gasteiger partial charge in [-0.3, -0.25) is 9.89 Å². The third kappa shape index (κ3) is 7.06. The average molecular weight is 413 g/mol. The number of guanidine groups is 1. The number of aliphatic imine (C=N–C) groups is 1. The van der Waals surface area contributed by atoms with Crippen LogP contribution in [0.25, 0.3) is 0 Å². The van der Waals surface area contributed by atoms with E-state index in [4.69, 9.17) is 0 Å². The number of alkyl halides is 3. The summed E-state index contributed by atoms with van der Waals surface area (Å²) >= 11 is 0. The van der Waals surface area contributed by atoms with Crippen LogP contribution in [-0.4, -0.2) is 67.8 Å². The van der Waals surface area contributed by atoms with Crippen LogP contribution in [0.5, 0.6) is 0 Å². The van der Waals surface area contributed by atoms with Crippen molar-refractivity contribution in [1.82, 2.24) is 20.5 Å². The monoisotopic (exact) mass is 412 g/mol. The molecule has 6 nitrogen and oxygen atoms in total. The van der Waals surface area contributed by atoms with E-state index in [-0.39, 0.29) is 6.04 Å². The Kier molecular flexibility index (Phi) is 7.57. The quantitative estimate of drug-likeness (QED) is 0.575. The lowest BCUT2D eigenvalue weighted by atomic mass is 10.2. The lowest BCUT2D eigenvalue weighted by Crippen LogP contribution is -2.44. The maximum absolute atomic E-state index is 12.6. The molecule has 2 aliphatic heterocycles. The fraction of sp³-hybridized carbons (Fsp3) is 0.700. The summed E-state index contributed by atoms with van der Waals surface area (Å²) in [6.45, 7) is 2.63. The predicted octanol–water partition coefficient (Wildman–Crippen LogP) is 2.76. The summed E-state index contributed by atoms with van der Waals surface area (Å²) in [6.07, 6.45) is 3.31. The average Bonchev–Trinajstić information content (AvgIpc) is 2.93. The second kappa shape index (κ2) is 10.1. The Morgan fingerprint density at radius 1 is 1.21 bits per heavy atom. The zero-order valence-corrected chi connectivity index (χ0v) is 17.0. The van der Waals surface area contributed by atoms with Crippen molar-refractivity contribution in [2.45, 2.75) is 50.9 Å². The zero-order valence-electron chi connectivity index (χ0n) is 17.0. The summed E-state index contributed by atoms with van der Waals surface area (Å²) in [6, 6.07) is 4.04. The number of nitrogens with zero attached hydrogens (tertiary/aromatic N) is 4. The van der Waals surface area contributed by atoms with Crippen molar-refractivity contribution < 1.29 is 13.2 Å². The fourth-order valence-corrected chi connectivity index (χ4v) is 3.96. The molecule has 0 aromatic carbocycles. The molecule has 0 amide bonds. The Morgan fingerprint density at radius 2 is 1.97 bits per heavy atom. The van der Waals surface area contributed by atoms with Crippen molar-refractivity contribution in [2.75, 3.05) is 44.7 Å². The largest absolute Gasteiger partial charge is 0.401 e. The second-order valence-corrected chi connectivity index (χ2v) is 7.83. The molecule has 29 heavy (non-hydrogen) atoms. The molecule has 1 aromatic rings. The van der Waals surface area contributed by atoms with E-state index in [0.29, 0.717) is 32.0 Å². The number of anilines is 1. The van der Waals surface area contributed by atoms with Crippen LogP contribution in [0.4, 0.5) is 19.0 Å². The lowest BCUT2D eigenvalue weighted by molar-refractivity contribution is -0.143. The number of likely N-dealkylation sites (tertiary alicyclic amines) is 1. The van der Waals surface area contributed by atoms with E-state index >= 15 is 0 Å². The topological polar surface area (TPSA) is 55.8 Å². The van der Waals surface area contributed by atoms with Gasteiger partial charge in [0.2, 0.25) is 0 Å². The van der Waals surface area contributed by atoms with Crippen molar-refractivity contribution in [3.63, 3.8) is 0 Å². The molecule has 2 fully saturated rings. The molecule has 0 radical (unpaired) electrons. The van der Waals surface area contributed by atoms with Gasteiger partial charge in [0, 0.05) is 52.0 Å². The Labute approximate surface area is 170 Å². The number of rotatable bonds is 5. The van der Waals surface area contributed by atoms with Gasteiger partial charge in [-0.15, -0.1) is 0 Å². The first kappa shape index (κ1) is 21.7. The molecule has 2 N–H and O–H groups in total. The minimum Gasteiger partial charge on any atom is -0.357 e. The van der Waals surface area contributed by atoms with Gasteiger partial charge >= 0.3 is 6.18 Å². The molecule has 0 saturated carbocycles. The van der Waals surface area contributed by atoms with Crippen LogP contribution >= 0.6 is 0 Å². The SMILES string of the molecule is CN=C(NCc1ccnc(N2CCCCCC2)c1)NC1CCN(CC(F)(F)F)C1. The lowest BCUT2D eigenvalue weighted by Gasteiger charge is -2.22. The van der Waals surface area contributed by atoms with Crippen molar-refractivity contribution in [3.8, 4) is 0 Å². The maximum Gasteiger partial charge on any atom is 0.401 e. The van der Waals surface area contributed by atoms with Gasteiger partial charge in [0.1, 0.15) is 5.82 Å². The van der Waals surface area contributed by atoms with E-state index < -0.39 is 12.7 Å². The molecule has 3 rings (SSSR count). The Bertz CT molecular complexity index is 670. The third-order valence-electron chi connectivity index (χ3n) is 5.44. The highest BCUT2D eigenvalue weighted by Gasteiger charge is 2.34. The molecule has 162 valence electrons. The van der Waals surface area contributed by atoms with Crippen LogP contribution in [-0.2, 0) is 6.54 Å². The molecule has 1 unspecified atom stereocenters. The summed E-state index contributed by atoms with van der Waals surface area (Å²) in [5.74, 6) is 1.62. The van der Waals surface area contributed by atoms with E-state index in [9.17, 15) is 13.2 Å².